The zero-order chi connectivity index (χ0) is 12.4. The van der Waals surface area contributed by atoms with Crippen molar-refractivity contribution in [3.05, 3.63) is 36.1 Å². The van der Waals surface area contributed by atoms with Crippen molar-refractivity contribution in [2.24, 2.45) is 0 Å². The van der Waals surface area contributed by atoms with Crippen LogP contribution in [-0.4, -0.2) is 12.6 Å². The average Bonchev–Trinajstić information content (AvgIpc) is 2.17. The van der Waals surface area contributed by atoms with Crippen molar-refractivity contribution >= 4 is 6.09 Å². The molecule has 0 rings (SSSR count). The van der Waals surface area contributed by atoms with Crippen LogP contribution < -0.4 is 5.32 Å². The van der Waals surface area contributed by atoms with Crippen molar-refractivity contribution in [2.75, 3.05) is 6.54 Å². The highest BCUT2D eigenvalue weighted by Gasteiger charge is 1.95. The highest BCUT2D eigenvalue weighted by atomic mass is 16.5. The number of ether oxygens (including phenoxy) is 1. The van der Waals surface area contributed by atoms with E-state index in [1.807, 2.05) is 6.08 Å². The zero-order valence-corrected chi connectivity index (χ0v) is 10.4. The summed E-state index contributed by atoms with van der Waals surface area (Å²) in [6.07, 6.45) is 6.90. The van der Waals surface area contributed by atoms with Gasteiger partial charge < -0.3 is 10.1 Å². The summed E-state index contributed by atoms with van der Waals surface area (Å²) >= 11 is 0. The molecule has 0 heterocycles. The van der Waals surface area contributed by atoms with Gasteiger partial charge in [0.25, 0.3) is 0 Å². The third-order valence-electron chi connectivity index (χ3n) is 1.98. The van der Waals surface area contributed by atoms with Crippen LogP contribution in [0, 0.1) is 0 Å². The molecule has 0 fully saturated rings. The molecule has 3 heteroatoms. The van der Waals surface area contributed by atoms with Crippen LogP contribution in [-0.2, 0) is 4.74 Å². The second kappa shape index (κ2) is 8.77. The molecule has 0 radical (unpaired) electrons. The molecule has 0 bridgehead atoms. The lowest BCUT2D eigenvalue weighted by molar-refractivity contribution is 0.187. The van der Waals surface area contributed by atoms with Gasteiger partial charge in [-0.15, -0.1) is 0 Å². The van der Waals surface area contributed by atoms with Crippen LogP contribution in [0.25, 0.3) is 0 Å². The molecule has 0 aromatic rings. The Morgan fingerprint density at radius 2 is 2.00 bits per heavy atom. The summed E-state index contributed by atoms with van der Waals surface area (Å²) in [5.74, 6) is 0. The van der Waals surface area contributed by atoms with Crippen LogP contribution in [0.3, 0.4) is 0 Å². The minimum Gasteiger partial charge on any atom is -0.419 e. The van der Waals surface area contributed by atoms with Crippen molar-refractivity contribution in [1.29, 1.82) is 0 Å². The van der Waals surface area contributed by atoms with E-state index in [0.717, 1.165) is 19.1 Å². The van der Waals surface area contributed by atoms with Crippen molar-refractivity contribution in [2.45, 2.75) is 33.6 Å². The number of carbonyl (C=O) groups excluding carboxylic acids is 1. The number of amides is 1. The Morgan fingerprint density at radius 3 is 2.56 bits per heavy atom. The minimum absolute atomic E-state index is 0.469. The summed E-state index contributed by atoms with van der Waals surface area (Å²) in [6, 6.07) is 0. The molecule has 3 nitrogen and oxygen atoms in total. The average molecular weight is 223 g/mol. The molecule has 0 spiro atoms. The first-order valence-electron chi connectivity index (χ1n) is 5.40. The number of alkyl carbamates (subject to hydrolysis) is 1. The standard InChI is InChI=1S/C13H21NO2/c1-5-16-13(15)14-10-9-12(4)8-6-7-11(2)3/h5,7,9H,1,6,8,10H2,2-4H3,(H,14,15). The number of hydrogen-bond acceptors (Lipinski definition) is 2. The van der Waals surface area contributed by atoms with Gasteiger partial charge in [-0.25, -0.2) is 4.79 Å². The smallest absolute Gasteiger partial charge is 0.412 e. The maximum atomic E-state index is 10.9. The molecule has 0 aliphatic carbocycles. The molecule has 0 aliphatic heterocycles. The molecule has 0 unspecified atom stereocenters. The van der Waals surface area contributed by atoms with Crippen molar-refractivity contribution in [1.82, 2.24) is 5.32 Å². The number of rotatable bonds is 6. The lowest BCUT2D eigenvalue weighted by Gasteiger charge is -2.01. The van der Waals surface area contributed by atoms with E-state index in [0.29, 0.717) is 6.54 Å². The molecule has 16 heavy (non-hydrogen) atoms. The SMILES string of the molecule is C=COC(=O)NCC=C(C)CCC=C(C)C. The summed E-state index contributed by atoms with van der Waals surface area (Å²) in [5.41, 5.74) is 2.59. The molecular weight excluding hydrogens is 202 g/mol. The minimum atomic E-state index is -0.469. The van der Waals surface area contributed by atoms with Gasteiger partial charge in [0.1, 0.15) is 0 Å². The third kappa shape index (κ3) is 9.06. The Balaban J connectivity index is 3.74. The molecule has 1 N–H and O–H groups in total. The topological polar surface area (TPSA) is 38.3 Å². The number of hydrogen-bond donors (Lipinski definition) is 1. The Bertz CT molecular complexity index is 286. The Kier molecular flexibility index (Phi) is 7.94. The summed E-state index contributed by atoms with van der Waals surface area (Å²) in [4.78, 5) is 10.9. The predicted molar refractivity (Wildman–Crippen MR) is 67.1 cm³/mol. The van der Waals surface area contributed by atoms with E-state index in [-0.39, 0.29) is 0 Å². The van der Waals surface area contributed by atoms with Crippen LogP contribution in [0.4, 0.5) is 4.79 Å². The second-order valence-corrected chi connectivity index (χ2v) is 3.82. The molecular formula is C13H21NO2. The summed E-state index contributed by atoms with van der Waals surface area (Å²) in [5, 5.41) is 2.59. The van der Waals surface area contributed by atoms with E-state index in [4.69, 9.17) is 0 Å². The first-order chi connectivity index (χ1) is 7.56. The molecule has 90 valence electrons. The van der Waals surface area contributed by atoms with E-state index in [1.165, 1.54) is 11.1 Å². The fourth-order valence-corrected chi connectivity index (χ4v) is 1.12. The van der Waals surface area contributed by atoms with Crippen LogP contribution in [0.5, 0.6) is 0 Å². The highest BCUT2D eigenvalue weighted by molar-refractivity contribution is 5.67. The van der Waals surface area contributed by atoms with Crippen LogP contribution >= 0.6 is 0 Å². The van der Waals surface area contributed by atoms with Crippen molar-refractivity contribution in [3.8, 4) is 0 Å². The summed E-state index contributed by atoms with van der Waals surface area (Å²) in [6.45, 7) is 10.0. The van der Waals surface area contributed by atoms with Gasteiger partial charge in [-0.05, 0) is 33.6 Å². The monoisotopic (exact) mass is 223 g/mol. The van der Waals surface area contributed by atoms with E-state index in [2.05, 4.69) is 43.5 Å². The fraction of sp³-hybridized carbons (Fsp3) is 0.462. The van der Waals surface area contributed by atoms with Crippen LogP contribution in [0.1, 0.15) is 33.6 Å². The number of carbonyl (C=O) groups is 1. The molecule has 0 aliphatic rings. The molecule has 0 aromatic heterocycles. The van der Waals surface area contributed by atoms with Gasteiger partial charge in [-0.3, -0.25) is 0 Å². The van der Waals surface area contributed by atoms with Gasteiger partial charge in [-0.2, -0.15) is 0 Å². The van der Waals surface area contributed by atoms with Gasteiger partial charge in [0.05, 0.1) is 6.26 Å². The van der Waals surface area contributed by atoms with Gasteiger partial charge >= 0.3 is 6.09 Å². The normalized spacial score (nSPS) is 10.6. The van der Waals surface area contributed by atoms with Gasteiger partial charge in [-0.1, -0.05) is 29.9 Å². The Labute approximate surface area is 97.9 Å². The Hall–Kier alpha value is -1.51. The van der Waals surface area contributed by atoms with Gasteiger partial charge in [0, 0.05) is 6.54 Å². The second-order valence-electron chi connectivity index (χ2n) is 3.82. The van der Waals surface area contributed by atoms with E-state index in [9.17, 15) is 4.79 Å². The lowest BCUT2D eigenvalue weighted by atomic mass is 10.1. The van der Waals surface area contributed by atoms with E-state index in [1.54, 1.807) is 0 Å². The van der Waals surface area contributed by atoms with Crippen LogP contribution in [0.15, 0.2) is 36.1 Å². The number of nitrogens with one attached hydrogen (secondary N) is 1. The molecule has 1 amide bonds. The van der Waals surface area contributed by atoms with Crippen LogP contribution in [0.2, 0.25) is 0 Å². The number of allylic oxidation sites excluding steroid dienone is 3. The zero-order valence-electron chi connectivity index (χ0n) is 10.4. The fourth-order valence-electron chi connectivity index (χ4n) is 1.12. The molecule has 0 saturated heterocycles. The molecule has 0 saturated carbocycles. The first-order valence-corrected chi connectivity index (χ1v) is 5.40. The summed E-state index contributed by atoms with van der Waals surface area (Å²) in [7, 11) is 0. The van der Waals surface area contributed by atoms with Crippen molar-refractivity contribution in [3.63, 3.8) is 0 Å². The maximum Gasteiger partial charge on any atom is 0.412 e. The summed E-state index contributed by atoms with van der Waals surface area (Å²) < 4.78 is 4.51. The largest absolute Gasteiger partial charge is 0.419 e. The molecule has 0 atom stereocenters. The third-order valence-corrected chi connectivity index (χ3v) is 1.98. The molecule has 0 aromatic carbocycles. The maximum absolute atomic E-state index is 10.9. The highest BCUT2D eigenvalue weighted by Crippen LogP contribution is 2.05. The van der Waals surface area contributed by atoms with E-state index >= 15 is 0 Å². The van der Waals surface area contributed by atoms with Gasteiger partial charge in [0.2, 0.25) is 0 Å². The van der Waals surface area contributed by atoms with E-state index < -0.39 is 6.09 Å². The quantitative estimate of drug-likeness (QED) is 0.552. The van der Waals surface area contributed by atoms with Gasteiger partial charge in [0.15, 0.2) is 0 Å². The first kappa shape index (κ1) is 14.5. The lowest BCUT2D eigenvalue weighted by Crippen LogP contribution is -2.22. The Morgan fingerprint density at radius 1 is 1.31 bits per heavy atom. The van der Waals surface area contributed by atoms with Crippen molar-refractivity contribution < 1.29 is 9.53 Å². The predicted octanol–water partition coefficient (Wildman–Crippen LogP) is 3.55.